The smallest absolute Gasteiger partial charge is 0.200 e. The Morgan fingerprint density at radius 1 is 1.08 bits per heavy atom. The molecule has 0 atom stereocenters. The highest BCUT2D eigenvalue weighted by Crippen LogP contribution is 2.29. The number of pyridine rings is 1. The van der Waals surface area contributed by atoms with Crippen molar-refractivity contribution in [3.63, 3.8) is 0 Å². The molecule has 0 saturated carbocycles. The van der Waals surface area contributed by atoms with Gasteiger partial charge in [-0.15, -0.1) is 0 Å². The molecule has 4 aromatic rings. The lowest BCUT2D eigenvalue weighted by molar-refractivity contribution is 0.460. The van der Waals surface area contributed by atoms with Crippen molar-refractivity contribution in [3.05, 3.63) is 66.6 Å². The monoisotopic (exact) mass is 364 g/mol. The van der Waals surface area contributed by atoms with Crippen molar-refractivity contribution in [3.8, 4) is 0 Å². The largest absolute Gasteiger partial charge is 0.352 e. The molecule has 3 heterocycles. The van der Waals surface area contributed by atoms with Gasteiger partial charge in [0.1, 0.15) is 0 Å². The molecule has 0 aliphatic heterocycles. The van der Waals surface area contributed by atoms with E-state index in [-0.39, 0.29) is 5.41 Å². The van der Waals surface area contributed by atoms with E-state index in [0.29, 0.717) is 11.4 Å². The Bertz CT molecular complexity index is 1030. The Morgan fingerprint density at radius 2 is 1.88 bits per heavy atom. The number of nitrogens with zero attached hydrogens (tertiary/aromatic N) is 3. The van der Waals surface area contributed by atoms with E-state index in [1.807, 2.05) is 30.6 Å². The van der Waals surface area contributed by atoms with E-state index < -0.39 is 0 Å². The molecule has 1 aromatic carbocycles. The van der Waals surface area contributed by atoms with Gasteiger partial charge in [0.15, 0.2) is 11.1 Å². The predicted octanol–water partition coefficient (Wildman–Crippen LogP) is 5.62. The highest BCUT2D eigenvalue weighted by atomic mass is 32.2. The van der Waals surface area contributed by atoms with Gasteiger partial charge in [-0.1, -0.05) is 38.1 Å². The zero-order valence-electron chi connectivity index (χ0n) is 14.9. The average molecular weight is 364 g/mol. The summed E-state index contributed by atoms with van der Waals surface area (Å²) < 4.78 is 7.33. The SMILES string of the molecule is CC(C)(C)c1ccc(Sn2ccc(Nc3noc4cccnc34)c2)cc1. The van der Waals surface area contributed by atoms with Gasteiger partial charge in [0.2, 0.25) is 5.82 Å². The van der Waals surface area contributed by atoms with Gasteiger partial charge in [-0.25, -0.2) is 4.98 Å². The van der Waals surface area contributed by atoms with Gasteiger partial charge >= 0.3 is 0 Å². The summed E-state index contributed by atoms with van der Waals surface area (Å²) in [5.41, 5.74) is 3.84. The number of benzene rings is 1. The molecule has 0 radical (unpaired) electrons. The summed E-state index contributed by atoms with van der Waals surface area (Å²) in [6.45, 7) is 6.67. The average Bonchev–Trinajstić information content (AvgIpc) is 3.22. The molecule has 0 amide bonds. The van der Waals surface area contributed by atoms with Crippen molar-refractivity contribution < 1.29 is 4.52 Å². The van der Waals surface area contributed by atoms with Crippen LogP contribution < -0.4 is 5.32 Å². The zero-order valence-corrected chi connectivity index (χ0v) is 15.7. The van der Waals surface area contributed by atoms with E-state index in [9.17, 15) is 0 Å². The van der Waals surface area contributed by atoms with Gasteiger partial charge in [-0.2, -0.15) is 0 Å². The van der Waals surface area contributed by atoms with Gasteiger partial charge in [0.05, 0.1) is 5.69 Å². The van der Waals surface area contributed by atoms with E-state index in [1.54, 1.807) is 18.1 Å². The fourth-order valence-electron chi connectivity index (χ4n) is 2.64. The molecule has 26 heavy (non-hydrogen) atoms. The fraction of sp³-hybridized carbons (Fsp3) is 0.200. The molecule has 5 nitrogen and oxygen atoms in total. The predicted molar refractivity (Wildman–Crippen MR) is 106 cm³/mol. The third-order valence-electron chi connectivity index (χ3n) is 4.09. The van der Waals surface area contributed by atoms with Gasteiger partial charge in [-0.05, 0) is 53.3 Å². The fourth-order valence-corrected chi connectivity index (χ4v) is 3.43. The topological polar surface area (TPSA) is 55.9 Å². The Morgan fingerprint density at radius 3 is 2.65 bits per heavy atom. The minimum atomic E-state index is 0.169. The summed E-state index contributed by atoms with van der Waals surface area (Å²) in [5.74, 6) is 0.623. The number of aromatic nitrogens is 3. The highest BCUT2D eigenvalue weighted by Gasteiger charge is 2.13. The van der Waals surface area contributed by atoms with Crippen LogP contribution >= 0.6 is 11.9 Å². The second-order valence-corrected chi connectivity index (χ2v) is 8.21. The third kappa shape index (κ3) is 3.46. The van der Waals surface area contributed by atoms with Crippen molar-refractivity contribution in [2.75, 3.05) is 5.32 Å². The quantitative estimate of drug-likeness (QED) is 0.509. The second kappa shape index (κ2) is 6.53. The molecule has 0 aliphatic rings. The molecule has 132 valence electrons. The first-order valence-corrected chi connectivity index (χ1v) is 9.21. The number of hydrogen-bond acceptors (Lipinski definition) is 5. The molecule has 0 aliphatic carbocycles. The van der Waals surface area contributed by atoms with Gasteiger partial charge in [0.25, 0.3) is 0 Å². The van der Waals surface area contributed by atoms with Crippen molar-refractivity contribution in [1.29, 1.82) is 0 Å². The number of anilines is 2. The molecule has 4 rings (SSSR count). The van der Waals surface area contributed by atoms with E-state index in [4.69, 9.17) is 4.52 Å². The van der Waals surface area contributed by atoms with Crippen LogP contribution in [0.1, 0.15) is 26.3 Å². The Labute approximate surface area is 156 Å². The summed E-state index contributed by atoms with van der Waals surface area (Å²) in [5, 5.41) is 7.31. The summed E-state index contributed by atoms with van der Waals surface area (Å²) in [6, 6.07) is 14.4. The molecule has 0 unspecified atom stereocenters. The number of hydrogen-bond donors (Lipinski definition) is 1. The van der Waals surface area contributed by atoms with Crippen molar-refractivity contribution in [1.82, 2.24) is 14.1 Å². The molecular formula is C20H20N4OS. The van der Waals surface area contributed by atoms with E-state index >= 15 is 0 Å². The number of rotatable bonds is 4. The standard InChI is InChI=1S/C20H20N4OS/c1-20(2,3)14-6-8-16(9-7-14)26-24-12-10-15(13-24)22-19-18-17(25-23-19)5-4-11-21-18/h4-13H,1-3H3,(H,22,23). The Hall–Kier alpha value is -2.73. The van der Waals surface area contributed by atoms with Crippen LogP contribution in [0, 0.1) is 0 Å². The van der Waals surface area contributed by atoms with Crippen LogP contribution in [0.15, 0.2) is 70.5 Å². The van der Waals surface area contributed by atoms with Gasteiger partial charge in [-0.3, -0.25) is 3.97 Å². The molecule has 0 bridgehead atoms. The van der Waals surface area contributed by atoms with E-state index in [0.717, 1.165) is 11.2 Å². The Balaban J connectivity index is 1.48. The first-order valence-electron chi connectivity index (χ1n) is 8.43. The molecule has 0 fully saturated rings. The first kappa shape index (κ1) is 16.7. The van der Waals surface area contributed by atoms with E-state index in [1.165, 1.54) is 10.5 Å². The van der Waals surface area contributed by atoms with Crippen LogP contribution in [-0.4, -0.2) is 14.1 Å². The molecule has 0 saturated heterocycles. The van der Waals surface area contributed by atoms with Gasteiger partial charge < -0.3 is 9.84 Å². The lowest BCUT2D eigenvalue weighted by Crippen LogP contribution is -2.10. The minimum Gasteiger partial charge on any atom is -0.352 e. The Kier molecular flexibility index (Phi) is 4.20. The van der Waals surface area contributed by atoms with Crippen LogP contribution in [0.25, 0.3) is 11.1 Å². The summed E-state index contributed by atoms with van der Waals surface area (Å²) in [4.78, 5) is 5.50. The highest BCUT2D eigenvalue weighted by molar-refractivity contribution is 7.97. The maximum absolute atomic E-state index is 5.28. The van der Waals surface area contributed by atoms with Crippen molar-refractivity contribution in [2.24, 2.45) is 0 Å². The molecular weight excluding hydrogens is 344 g/mol. The van der Waals surface area contributed by atoms with Crippen molar-refractivity contribution in [2.45, 2.75) is 31.1 Å². The first-order chi connectivity index (χ1) is 12.5. The van der Waals surface area contributed by atoms with Crippen LogP contribution in [0.5, 0.6) is 0 Å². The molecule has 6 heteroatoms. The summed E-state index contributed by atoms with van der Waals surface area (Å²) in [6.07, 6.45) is 5.76. The van der Waals surface area contributed by atoms with Crippen molar-refractivity contribution >= 4 is 34.6 Å². The maximum Gasteiger partial charge on any atom is 0.200 e. The lowest BCUT2D eigenvalue weighted by atomic mass is 9.87. The third-order valence-corrected chi connectivity index (χ3v) is 5.01. The van der Waals surface area contributed by atoms with Crippen LogP contribution in [0.3, 0.4) is 0 Å². The maximum atomic E-state index is 5.28. The minimum absolute atomic E-state index is 0.169. The summed E-state index contributed by atoms with van der Waals surface area (Å²) in [7, 11) is 0. The molecule has 1 N–H and O–H groups in total. The molecule has 0 spiro atoms. The number of nitrogens with one attached hydrogen (secondary N) is 1. The van der Waals surface area contributed by atoms with E-state index in [2.05, 4.69) is 64.5 Å². The van der Waals surface area contributed by atoms with Crippen LogP contribution in [0.2, 0.25) is 0 Å². The summed E-state index contributed by atoms with van der Waals surface area (Å²) >= 11 is 1.66. The normalized spacial score (nSPS) is 11.8. The van der Waals surface area contributed by atoms with Crippen LogP contribution in [-0.2, 0) is 5.41 Å². The van der Waals surface area contributed by atoms with Crippen LogP contribution in [0.4, 0.5) is 11.5 Å². The lowest BCUT2D eigenvalue weighted by Gasteiger charge is -2.19. The molecule has 3 aromatic heterocycles. The second-order valence-electron chi connectivity index (χ2n) is 7.13. The zero-order chi connectivity index (χ0) is 18.1. The number of fused-ring (bicyclic) bond motifs is 1. The van der Waals surface area contributed by atoms with Gasteiger partial charge in [0, 0.05) is 23.5 Å².